The molecular weight excluding hydrogens is 202 g/mol. The molecule has 0 saturated carbocycles. The SMILES string of the molecule is CC.CC(C)(C)NC(=O)Oc1ccccc1. The molecule has 90 valence electrons. The lowest BCUT2D eigenvalue weighted by Gasteiger charge is -2.19. The van der Waals surface area contributed by atoms with Gasteiger partial charge < -0.3 is 10.1 Å². The summed E-state index contributed by atoms with van der Waals surface area (Å²) in [7, 11) is 0. The van der Waals surface area contributed by atoms with Gasteiger partial charge in [0, 0.05) is 5.54 Å². The molecule has 1 amide bonds. The Labute approximate surface area is 97.8 Å². The fourth-order valence-electron chi connectivity index (χ4n) is 0.927. The van der Waals surface area contributed by atoms with Crippen LogP contribution in [0.25, 0.3) is 0 Å². The molecule has 0 aliphatic rings. The second kappa shape index (κ2) is 6.88. The van der Waals surface area contributed by atoms with Crippen molar-refractivity contribution in [1.82, 2.24) is 5.32 Å². The summed E-state index contributed by atoms with van der Waals surface area (Å²) in [6, 6.07) is 8.98. The Bertz CT molecular complexity index is 301. The van der Waals surface area contributed by atoms with Crippen LogP contribution in [0.4, 0.5) is 4.79 Å². The summed E-state index contributed by atoms with van der Waals surface area (Å²) in [6.45, 7) is 9.71. The topological polar surface area (TPSA) is 38.3 Å². The fraction of sp³-hybridized carbons (Fsp3) is 0.462. The summed E-state index contributed by atoms with van der Waals surface area (Å²) in [6.07, 6.45) is -0.427. The molecule has 0 unspecified atom stereocenters. The minimum Gasteiger partial charge on any atom is -0.410 e. The number of hydrogen-bond donors (Lipinski definition) is 1. The van der Waals surface area contributed by atoms with Crippen LogP contribution in [0.1, 0.15) is 34.6 Å². The van der Waals surface area contributed by atoms with Crippen molar-refractivity contribution < 1.29 is 9.53 Å². The molecule has 3 heteroatoms. The minimum atomic E-state index is -0.427. The zero-order valence-electron chi connectivity index (χ0n) is 10.7. The zero-order valence-corrected chi connectivity index (χ0v) is 10.7. The lowest BCUT2D eigenvalue weighted by atomic mass is 10.1. The smallest absolute Gasteiger partial charge is 0.410 e. The van der Waals surface area contributed by atoms with E-state index in [9.17, 15) is 4.79 Å². The molecule has 0 bridgehead atoms. The number of hydrogen-bond acceptors (Lipinski definition) is 2. The Kier molecular flexibility index (Phi) is 6.23. The summed E-state index contributed by atoms with van der Waals surface area (Å²) in [5.74, 6) is 0.550. The summed E-state index contributed by atoms with van der Waals surface area (Å²) in [4.78, 5) is 11.3. The average molecular weight is 223 g/mol. The molecule has 0 heterocycles. The Morgan fingerprint density at radius 1 is 1.12 bits per heavy atom. The highest BCUT2D eigenvalue weighted by molar-refractivity contribution is 5.71. The van der Waals surface area contributed by atoms with Gasteiger partial charge in [-0.3, -0.25) is 0 Å². The van der Waals surface area contributed by atoms with E-state index in [1.54, 1.807) is 12.1 Å². The molecule has 0 aliphatic carbocycles. The third-order valence-electron chi connectivity index (χ3n) is 1.43. The monoisotopic (exact) mass is 223 g/mol. The van der Waals surface area contributed by atoms with E-state index < -0.39 is 6.09 Å². The fourth-order valence-corrected chi connectivity index (χ4v) is 0.927. The van der Waals surface area contributed by atoms with Crippen LogP contribution in [-0.4, -0.2) is 11.6 Å². The van der Waals surface area contributed by atoms with Gasteiger partial charge in [0.15, 0.2) is 0 Å². The van der Waals surface area contributed by atoms with Crippen LogP contribution in [0, 0.1) is 0 Å². The van der Waals surface area contributed by atoms with Gasteiger partial charge >= 0.3 is 6.09 Å². The Morgan fingerprint density at radius 3 is 2.06 bits per heavy atom. The van der Waals surface area contributed by atoms with Gasteiger partial charge in [0.2, 0.25) is 0 Å². The highest BCUT2D eigenvalue weighted by atomic mass is 16.6. The van der Waals surface area contributed by atoms with Crippen molar-refractivity contribution in [1.29, 1.82) is 0 Å². The summed E-state index contributed by atoms with van der Waals surface area (Å²) < 4.78 is 5.04. The Morgan fingerprint density at radius 2 is 1.62 bits per heavy atom. The normalized spacial score (nSPS) is 9.81. The number of ether oxygens (including phenoxy) is 1. The van der Waals surface area contributed by atoms with Crippen LogP contribution >= 0.6 is 0 Å². The standard InChI is InChI=1S/C11H15NO2.C2H6/c1-11(2,3)12-10(13)14-9-7-5-4-6-8-9;1-2/h4-8H,1-3H3,(H,12,13);1-2H3. The van der Waals surface area contributed by atoms with Crippen molar-refractivity contribution >= 4 is 6.09 Å². The molecule has 0 aliphatic heterocycles. The van der Waals surface area contributed by atoms with Crippen LogP contribution in [0.2, 0.25) is 0 Å². The van der Waals surface area contributed by atoms with Gasteiger partial charge in [0.05, 0.1) is 0 Å². The zero-order chi connectivity index (χ0) is 12.6. The van der Waals surface area contributed by atoms with Gasteiger partial charge in [-0.05, 0) is 32.9 Å². The number of carbonyl (C=O) groups is 1. The Balaban J connectivity index is 0.00000106. The predicted molar refractivity (Wildman–Crippen MR) is 66.7 cm³/mol. The van der Waals surface area contributed by atoms with E-state index in [0.717, 1.165) is 0 Å². The van der Waals surface area contributed by atoms with Gasteiger partial charge in [-0.25, -0.2) is 4.79 Å². The lowest BCUT2D eigenvalue weighted by Crippen LogP contribution is -2.42. The van der Waals surface area contributed by atoms with Crippen molar-refractivity contribution in [2.24, 2.45) is 0 Å². The number of nitrogens with one attached hydrogen (secondary N) is 1. The van der Waals surface area contributed by atoms with Crippen molar-refractivity contribution in [3.05, 3.63) is 30.3 Å². The molecular formula is C13H21NO2. The molecule has 1 rings (SSSR count). The third kappa shape index (κ3) is 6.87. The quantitative estimate of drug-likeness (QED) is 0.790. The minimum absolute atomic E-state index is 0.272. The van der Waals surface area contributed by atoms with Gasteiger partial charge in [-0.15, -0.1) is 0 Å². The van der Waals surface area contributed by atoms with E-state index in [0.29, 0.717) is 5.75 Å². The third-order valence-corrected chi connectivity index (χ3v) is 1.43. The molecule has 1 aromatic carbocycles. The maximum absolute atomic E-state index is 11.3. The molecule has 0 spiro atoms. The summed E-state index contributed by atoms with van der Waals surface area (Å²) in [5, 5.41) is 2.71. The second-order valence-electron chi connectivity index (χ2n) is 4.08. The molecule has 0 atom stereocenters. The first-order chi connectivity index (χ1) is 7.47. The maximum Gasteiger partial charge on any atom is 0.413 e. The molecule has 1 N–H and O–H groups in total. The molecule has 0 fully saturated rings. The summed E-state index contributed by atoms with van der Waals surface area (Å²) >= 11 is 0. The van der Waals surface area contributed by atoms with Gasteiger partial charge in [0.1, 0.15) is 5.75 Å². The first-order valence-electron chi connectivity index (χ1n) is 5.52. The van der Waals surface area contributed by atoms with Crippen LogP contribution < -0.4 is 10.1 Å². The van der Waals surface area contributed by atoms with Crippen molar-refractivity contribution in [3.63, 3.8) is 0 Å². The first kappa shape index (κ1) is 14.5. The van der Waals surface area contributed by atoms with E-state index >= 15 is 0 Å². The molecule has 0 radical (unpaired) electrons. The molecule has 0 saturated heterocycles. The largest absolute Gasteiger partial charge is 0.413 e. The number of amides is 1. The van der Waals surface area contributed by atoms with Gasteiger partial charge in [-0.2, -0.15) is 0 Å². The number of carbonyl (C=O) groups excluding carboxylic acids is 1. The van der Waals surface area contributed by atoms with E-state index in [-0.39, 0.29) is 5.54 Å². The maximum atomic E-state index is 11.3. The summed E-state index contributed by atoms with van der Waals surface area (Å²) in [5.41, 5.74) is -0.272. The van der Waals surface area contributed by atoms with Crippen LogP contribution in [0.5, 0.6) is 5.75 Å². The van der Waals surface area contributed by atoms with Crippen LogP contribution in [-0.2, 0) is 0 Å². The van der Waals surface area contributed by atoms with Gasteiger partial charge in [0.25, 0.3) is 0 Å². The van der Waals surface area contributed by atoms with E-state index in [2.05, 4.69) is 5.32 Å². The Hall–Kier alpha value is -1.51. The number of para-hydroxylation sites is 1. The van der Waals surface area contributed by atoms with Gasteiger partial charge in [-0.1, -0.05) is 32.0 Å². The van der Waals surface area contributed by atoms with Crippen molar-refractivity contribution in [2.75, 3.05) is 0 Å². The van der Waals surface area contributed by atoms with E-state index in [1.165, 1.54) is 0 Å². The molecule has 0 aromatic heterocycles. The van der Waals surface area contributed by atoms with Crippen LogP contribution in [0.15, 0.2) is 30.3 Å². The molecule has 3 nitrogen and oxygen atoms in total. The highest BCUT2D eigenvalue weighted by Gasteiger charge is 2.14. The van der Waals surface area contributed by atoms with E-state index in [4.69, 9.17) is 4.74 Å². The average Bonchev–Trinajstić information content (AvgIpc) is 2.19. The number of benzene rings is 1. The van der Waals surface area contributed by atoms with Crippen LogP contribution in [0.3, 0.4) is 0 Å². The second-order valence-corrected chi connectivity index (χ2v) is 4.08. The molecule has 1 aromatic rings. The van der Waals surface area contributed by atoms with Crippen molar-refractivity contribution in [2.45, 2.75) is 40.2 Å². The number of rotatable bonds is 1. The van der Waals surface area contributed by atoms with Crippen molar-refractivity contribution in [3.8, 4) is 5.75 Å². The predicted octanol–water partition coefficient (Wildman–Crippen LogP) is 3.60. The first-order valence-corrected chi connectivity index (χ1v) is 5.52. The lowest BCUT2D eigenvalue weighted by molar-refractivity contribution is 0.190. The van der Waals surface area contributed by atoms with E-state index in [1.807, 2.05) is 52.8 Å². The highest BCUT2D eigenvalue weighted by Crippen LogP contribution is 2.09. The molecule has 16 heavy (non-hydrogen) atoms.